The lowest BCUT2D eigenvalue weighted by Crippen LogP contribution is -2.29. The SMILES string of the molecule is CCOc1ccccc1-c1noc(CN(Cc2ccccc2)S(C)(=O)=O)n1. The minimum atomic E-state index is -3.45. The zero-order valence-corrected chi connectivity index (χ0v) is 16.0. The highest BCUT2D eigenvalue weighted by molar-refractivity contribution is 7.88. The topological polar surface area (TPSA) is 85.5 Å². The van der Waals surface area contributed by atoms with Crippen LogP contribution in [0.25, 0.3) is 11.4 Å². The quantitative estimate of drug-likeness (QED) is 0.590. The average Bonchev–Trinajstić information content (AvgIpc) is 3.10. The molecule has 0 saturated carbocycles. The average molecular weight is 387 g/mol. The van der Waals surface area contributed by atoms with E-state index < -0.39 is 10.0 Å². The Kier molecular flexibility index (Phi) is 5.88. The first-order valence-electron chi connectivity index (χ1n) is 8.51. The van der Waals surface area contributed by atoms with Gasteiger partial charge in [0.25, 0.3) is 0 Å². The van der Waals surface area contributed by atoms with Crippen molar-refractivity contribution in [3.05, 3.63) is 66.1 Å². The van der Waals surface area contributed by atoms with Crippen LogP contribution in [0.5, 0.6) is 5.75 Å². The molecule has 0 radical (unpaired) electrons. The number of hydrogen-bond acceptors (Lipinski definition) is 6. The van der Waals surface area contributed by atoms with E-state index in [9.17, 15) is 8.42 Å². The summed E-state index contributed by atoms with van der Waals surface area (Å²) in [6.45, 7) is 2.64. The van der Waals surface area contributed by atoms with Crippen LogP contribution in [0.1, 0.15) is 18.4 Å². The second kappa shape index (κ2) is 8.32. The van der Waals surface area contributed by atoms with E-state index in [0.29, 0.717) is 23.7 Å². The molecule has 1 heterocycles. The molecule has 0 unspecified atom stereocenters. The summed E-state index contributed by atoms with van der Waals surface area (Å²) in [6.07, 6.45) is 1.16. The van der Waals surface area contributed by atoms with Gasteiger partial charge in [-0.1, -0.05) is 47.6 Å². The Hall–Kier alpha value is -2.71. The number of para-hydroxylation sites is 1. The van der Waals surface area contributed by atoms with Crippen LogP contribution in [0, 0.1) is 0 Å². The lowest BCUT2D eigenvalue weighted by molar-refractivity contribution is 0.313. The lowest BCUT2D eigenvalue weighted by atomic mass is 10.2. The second-order valence-electron chi connectivity index (χ2n) is 5.96. The molecule has 0 spiro atoms. The van der Waals surface area contributed by atoms with E-state index >= 15 is 0 Å². The molecule has 8 heteroatoms. The zero-order chi connectivity index (χ0) is 19.3. The van der Waals surface area contributed by atoms with Crippen molar-refractivity contribution in [2.24, 2.45) is 0 Å². The van der Waals surface area contributed by atoms with Gasteiger partial charge in [0, 0.05) is 6.54 Å². The highest BCUT2D eigenvalue weighted by atomic mass is 32.2. The fraction of sp³-hybridized carbons (Fsp3) is 0.263. The fourth-order valence-electron chi connectivity index (χ4n) is 2.59. The number of sulfonamides is 1. The largest absolute Gasteiger partial charge is 0.493 e. The maximum Gasteiger partial charge on any atom is 0.242 e. The molecule has 3 aromatic rings. The molecule has 0 aliphatic carbocycles. The van der Waals surface area contributed by atoms with Crippen LogP contribution < -0.4 is 4.74 Å². The van der Waals surface area contributed by atoms with Gasteiger partial charge in [-0.15, -0.1) is 0 Å². The van der Waals surface area contributed by atoms with Gasteiger partial charge in [-0.25, -0.2) is 8.42 Å². The Morgan fingerprint density at radius 3 is 2.44 bits per heavy atom. The highest BCUT2D eigenvalue weighted by Gasteiger charge is 2.22. The Balaban J connectivity index is 1.83. The third kappa shape index (κ3) is 4.93. The van der Waals surface area contributed by atoms with Gasteiger partial charge in [0.15, 0.2) is 0 Å². The van der Waals surface area contributed by atoms with Crippen LogP contribution in [0.4, 0.5) is 0 Å². The third-order valence-corrected chi connectivity index (χ3v) is 5.07. The summed E-state index contributed by atoms with van der Waals surface area (Å²) in [5.41, 5.74) is 1.58. The highest BCUT2D eigenvalue weighted by Crippen LogP contribution is 2.27. The summed E-state index contributed by atoms with van der Waals surface area (Å²) in [6, 6.07) is 16.7. The first kappa shape index (κ1) is 19.1. The van der Waals surface area contributed by atoms with Crippen molar-refractivity contribution in [3.8, 4) is 17.1 Å². The number of nitrogens with zero attached hydrogens (tertiary/aromatic N) is 3. The number of rotatable bonds is 8. The van der Waals surface area contributed by atoms with Crippen LogP contribution >= 0.6 is 0 Å². The molecule has 0 atom stereocenters. The van der Waals surface area contributed by atoms with Crippen molar-refractivity contribution in [3.63, 3.8) is 0 Å². The number of ether oxygens (including phenoxy) is 1. The molecule has 142 valence electrons. The van der Waals surface area contributed by atoms with Gasteiger partial charge in [-0.2, -0.15) is 9.29 Å². The Bertz CT molecular complexity index is 987. The molecule has 1 aromatic heterocycles. The van der Waals surface area contributed by atoms with Crippen LogP contribution in [0.2, 0.25) is 0 Å². The van der Waals surface area contributed by atoms with Gasteiger partial charge in [-0.3, -0.25) is 0 Å². The van der Waals surface area contributed by atoms with Crippen molar-refractivity contribution >= 4 is 10.0 Å². The van der Waals surface area contributed by atoms with Gasteiger partial charge < -0.3 is 9.26 Å². The van der Waals surface area contributed by atoms with Crippen LogP contribution in [-0.2, 0) is 23.1 Å². The normalized spacial score (nSPS) is 11.7. The standard InChI is InChI=1S/C19H21N3O4S/c1-3-25-17-12-8-7-11-16(17)19-20-18(26-21-19)14-22(27(2,23)24)13-15-9-5-4-6-10-15/h4-12H,3,13-14H2,1-2H3. The van der Waals surface area contributed by atoms with Crippen LogP contribution in [0.3, 0.4) is 0 Å². The van der Waals surface area contributed by atoms with Crippen LogP contribution in [-0.4, -0.2) is 35.7 Å². The van der Waals surface area contributed by atoms with Gasteiger partial charge in [0.2, 0.25) is 21.7 Å². The third-order valence-electron chi connectivity index (χ3n) is 3.88. The first-order chi connectivity index (χ1) is 13.0. The van der Waals surface area contributed by atoms with E-state index in [1.165, 1.54) is 4.31 Å². The Morgan fingerprint density at radius 2 is 1.74 bits per heavy atom. The molecule has 0 saturated heterocycles. The summed E-state index contributed by atoms with van der Waals surface area (Å²) in [5.74, 6) is 1.23. The van der Waals surface area contributed by atoms with E-state index in [2.05, 4.69) is 10.1 Å². The lowest BCUT2D eigenvalue weighted by Gasteiger charge is -2.17. The van der Waals surface area contributed by atoms with Gasteiger partial charge in [0.1, 0.15) is 5.75 Å². The van der Waals surface area contributed by atoms with Gasteiger partial charge in [0.05, 0.1) is 25.0 Å². The van der Waals surface area contributed by atoms with E-state index in [-0.39, 0.29) is 19.0 Å². The molecule has 7 nitrogen and oxygen atoms in total. The van der Waals surface area contributed by atoms with Gasteiger partial charge >= 0.3 is 0 Å². The van der Waals surface area contributed by atoms with Crippen molar-refractivity contribution in [2.45, 2.75) is 20.0 Å². The summed E-state index contributed by atoms with van der Waals surface area (Å²) in [4.78, 5) is 4.35. The number of hydrogen-bond donors (Lipinski definition) is 0. The summed E-state index contributed by atoms with van der Waals surface area (Å²) in [5, 5.41) is 3.98. The molecular weight excluding hydrogens is 366 g/mol. The summed E-state index contributed by atoms with van der Waals surface area (Å²) >= 11 is 0. The zero-order valence-electron chi connectivity index (χ0n) is 15.2. The second-order valence-corrected chi connectivity index (χ2v) is 7.94. The molecule has 0 aliphatic heterocycles. The molecule has 0 bridgehead atoms. The van der Waals surface area contributed by atoms with Crippen molar-refractivity contribution in [1.82, 2.24) is 14.4 Å². The smallest absolute Gasteiger partial charge is 0.242 e. The molecule has 0 N–H and O–H groups in total. The van der Waals surface area contributed by atoms with E-state index in [4.69, 9.17) is 9.26 Å². The number of benzene rings is 2. The predicted octanol–water partition coefficient (Wildman–Crippen LogP) is 3.10. The maximum atomic E-state index is 12.2. The van der Waals surface area contributed by atoms with Crippen molar-refractivity contribution < 1.29 is 17.7 Å². The number of aromatic nitrogens is 2. The predicted molar refractivity (Wildman–Crippen MR) is 101 cm³/mol. The van der Waals surface area contributed by atoms with Gasteiger partial charge in [-0.05, 0) is 24.6 Å². The molecule has 0 fully saturated rings. The molecular formula is C19H21N3O4S. The molecule has 0 amide bonds. The maximum absolute atomic E-state index is 12.2. The van der Waals surface area contributed by atoms with Crippen LogP contribution in [0.15, 0.2) is 59.1 Å². The molecule has 2 aromatic carbocycles. The monoisotopic (exact) mass is 387 g/mol. The Morgan fingerprint density at radius 1 is 1.04 bits per heavy atom. The minimum absolute atomic E-state index is 0.00245. The fourth-order valence-corrected chi connectivity index (χ4v) is 3.32. The summed E-state index contributed by atoms with van der Waals surface area (Å²) < 4.78 is 36.5. The molecule has 0 aliphatic rings. The summed E-state index contributed by atoms with van der Waals surface area (Å²) in [7, 11) is -3.45. The molecule has 27 heavy (non-hydrogen) atoms. The van der Waals surface area contributed by atoms with E-state index in [0.717, 1.165) is 11.8 Å². The van der Waals surface area contributed by atoms with Crippen molar-refractivity contribution in [1.29, 1.82) is 0 Å². The van der Waals surface area contributed by atoms with Crippen molar-refractivity contribution in [2.75, 3.05) is 12.9 Å². The minimum Gasteiger partial charge on any atom is -0.493 e. The molecule has 3 rings (SSSR count). The Labute approximate surface area is 158 Å². The first-order valence-corrected chi connectivity index (χ1v) is 10.4. The van der Waals surface area contributed by atoms with E-state index in [1.807, 2.05) is 61.5 Å². The van der Waals surface area contributed by atoms with E-state index in [1.54, 1.807) is 0 Å².